The number of hydrogen-bond donors (Lipinski definition) is 2. The molecule has 0 spiro atoms. The van der Waals surface area contributed by atoms with Crippen LogP contribution in [0.25, 0.3) is 0 Å². The fraction of sp³-hybridized carbons (Fsp3) is 0.278. The molecule has 2 aromatic rings. The first-order valence-corrected chi connectivity index (χ1v) is 8.27. The van der Waals surface area contributed by atoms with Gasteiger partial charge in [0.25, 0.3) is 0 Å². The monoisotopic (exact) mass is 332 g/mol. The van der Waals surface area contributed by atoms with Crippen molar-refractivity contribution in [2.45, 2.75) is 32.7 Å². The van der Waals surface area contributed by atoms with Crippen molar-refractivity contribution in [3.05, 3.63) is 64.7 Å². The minimum absolute atomic E-state index is 0.503. The molecule has 0 aromatic heterocycles. The summed E-state index contributed by atoms with van der Waals surface area (Å²) in [5, 5.41) is 7.90. The van der Waals surface area contributed by atoms with E-state index in [1.165, 1.54) is 5.56 Å². The van der Waals surface area contributed by atoms with Gasteiger partial charge in [-0.3, -0.25) is 0 Å². The molecule has 2 aromatic carbocycles. The van der Waals surface area contributed by atoms with Gasteiger partial charge in [-0.05, 0) is 53.9 Å². The normalized spacial score (nSPS) is 11.8. The van der Waals surface area contributed by atoms with E-state index in [1.807, 2.05) is 30.3 Å². The average Bonchev–Trinajstić information content (AvgIpc) is 2.54. The van der Waals surface area contributed by atoms with Gasteiger partial charge >= 0.3 is 0 Å². The third-order valence-corrected chi connectivity index (χ3v) is 4.22. The van der Waals surface area contributed by atoms with Crippen molar-refractivity contribution >= 4 is 34.6 Å². The molecule has 0 aliphatic carbocycles. The van der Waals surface area contributed by atoms with E-state index in [1.54, 1.807) is 0 Å². The number of hydrogen-bond acceptors (Lipinski definition) is 1. The highest BCUT2D eigenvalue weighted by Crippen LogP contribution is 2.26. The van der Waals surface area contributed by atoms with Crippen molar-refractivity contribution in [3.8, 4) is 0 Å². The lowest BCUT2D eigenvalue weighted by Gasteiger charge is -2.17. The Morgan fingerprint density at radius 3 is 2.50 bits per heavy atom. The SMILES string of the molecule is CCC(C)c1ccccc1NC(=S)NCc1ccc(Cl)cc1. The summed E-state index contributed by atoms with van der Waals surface area (Å²) in [4.78, 5) is 0. The molecule has 116 valence electrons. The summed E-state index contributed by atoms with van der Waals surface area (Å²) in [5.74, 6) is 0.503. The van der Waals surface area contributed by atoms with Crippen molar-refractivity contribution in [2.24, 2.45) is 0 Å². The van der Waals surface area contributed by atoms with Crippen molar-refractivity contribution in [3.63, 3.8) is 0 Å². The Balaban J connectivity index is 1.96. The molecule has 1 unspecified atom stereocenters. The van der Waals surface area contributed by atoms with Gasteiger partial charge in [0.15, 0.2) is 5.11 Å². The second-order valence-electron chi connectivity index (χ2n) is 5.33. The predicted octanol–water partition coefficient (Wildman–Crippen LogP) is 5.34. The predicted molar refractivity (Wildman–Crippen MR) is 99.7 cm³/mol. The number of anilines is 1. The summed E-state index contributed by atoms with van der Waals surface area (Å²) in [6.07, 6.45) is 1.10. The molecule has 2 N–H and O–H groups in total. The smallest absolute Gasteiger partial charge is 0.171 e. The maximum absolute atomic E-state index is 5.88. The summed E-state index contributed by atoms with van der Waals surface area (Å²) in [6, 6.07) is 16.1. The molecule has 2 nitrogen and oxygen atoms in total. The quantitative estimate of drug-likeness (QED) is 0.723. The molecule has 0 saturated carbocycles. The first-order chi connectivity index (χ1) is 10.6. The van der Waals surface area contributed by atoms with Crippen molar-refractivity contribution in [1.29, 1.82) is 0 Å². The van der Waals surface area contributed by atoms with Crippen LogP contribution in [0.1, 0.15) is 37.3 Å². The highest BCUT2D eigenvalue weighted by molar-refractivity contribution is 7.80. The van der Waals surface area contributed by atoms with Crippen LogP contribution in [0, 0.1) is 0 Å². The Kier molecular flexibility index (Phi) is 6.22. The molecule has 0 saturated heterocycles. The van der Waals surface area contributed by atoms with Crippen LogP contribution >= 0.6 is 23.8 Å². The van der Waals surface area contributed by atoms with E-state index in [2.05, 4.69) is 42.7 Å². The first-order valence-electron chi connectivity index (χ1n) is 7.48. The van der Waals surface area contributed by atoms with Crippen LogP contribution in [-0.4, -0.2) is 5.11 Å². The zero-order chi connectivity index (χ0) is 15.9. The van der Waals surface area contributed by atoms with Gasteiger partial charge in [0.05, 0.1) is 0 Å². The van der Waals surface area contributed by atoms with Crippen LogP contribution in [-0.2, 0) is 6.54 Å². The molecule has 22 heavy (non-hydrogen) atoms. The standard InChI is InChI=1S/C18H21ClN2S/c1-3-13(2)16-6-4-5-7-17(16)21-18(22)20-12-14-8-10-15(19)11-9-14/h4-11,13H,3,12H2,1-2H3,(H2,20,21,22). The van der Waals surface area contributed by atoms with Crippen LogP contribution in [0.5, 0.6) is 0 Å². The van der Waals surface area contributed by atoms with E-state index in [0.717, 1.165) is 22.7 Å². The van der Waals surface area contributed by atoms with Crippen molar-refractivity contribution < 1.29 is 0 Å². The fourth-order valence-electron chi connectivity index (χ4n) is 2.21. The molecule has 1 atom stereocenters. The van der Waals surface area contributed by atoms with Crippen LogP contribution in [0.3, 0.4) is 0 Å². The lowest BCUT2D eigenvalue weighted by molar-refractivity contribution is 0.735. The molecule has 0 aliphatic heterocycles. The summed E-state index contributed by atoms with van der Waals surface area (Å²) in [7, 11) is 0. The molecule has 0 fully saturated rings. The number of nitrogens with one attached hydrogen (secondary N) is 2. The maximum Gasteiger partial charge on any atom is 0.171 e. The lowest BCUT2D eigenvalue weighted by atomic mass is 9.97. The molecule has 2 rings (SSSR count). The Bertz CT molecular complexity index is 625. The topological polar surface area (TPSA) is 24.1 Å². The fourth-order valence-corrected chi connectivity index (χ4v) is 2.52. The average molecular weight is 333 g/mol. The molecule has 0 bridgehead atoms. The second kappa shape index (κ2) is 8.16. The number of halogens is 1. The van der Waals surface area contributed by atoms with Crippen LogP contribution < -0.4 is 10.6 Å². The maximum atomic E-state index is 5.88. The van der Waals surface area contributed by atoms with E-state index in [4.69, 9.17) is 23.8 Å². The third-order valence-electron chi connectivity index (χ3n) is 3.72. The van der Waals surface area contributed by atoms with Crippen LogP contribution in [0.4, 0.5) is 5.69 Å². The largest absolute Gasteiger partial charge is 0.358 e. The van der Waals surface area contributed by atoms with Gasteiger partial charge in [-0.2, -0.15) is 0 Å². The summed E-state index contributed by atoms with van der Waals surface area (Å²) in [5.41, 5.74) is 3.51. The molecular formula is C18H21ClN2S. The number of rotatable bonds is 5. The minimum Gasteiger partial charge on any atom is -0.358 e. The van der Waals surface area contributed by atoms with E-state index in [9.17, 15) is 0 Å². The third kappa shape index (κ3) is 4.72. The van der Waals surface area contributed by atoms with Gasteiger partial charge in [-0.1, -0.05) is 55.8 Å². The Morgan fingerprint density at radius 1 is 1.14 bits per heavy atom. The first kappa shape index (κ1) is 16.8. The molecule has 0 heterocycles. The zero-order valence-corrected chi connectivity index (χ0v) is 14.5. The lowest BCUT2D eigenvalue weighted by Crippen LogP contribution is -2.28. The summed E-state index contributed by atoms with van der Waals surface area (Å²) < 4.78 is 0. The van der Waals surface area contributed by atoms with Gasteiger partial charge in [-0.15, -0.1) is 0 Å². The highest BCUT2D eigenvalue weighted by Gasteiger charge is 2.09. The van der Waals surface area contributed by atoms with Gasteiger partial charge in [-0.25, -0.2) is 0 Å². The van der Waals surface area contributed by atoms with Gasteiger partial charge in [0, 0.05) is 17.3 Å². The van der Waals surface area contributed by atoms with Gasteiger partial charge < -0.3 is 10.6 Å². The van der Waals surface area contributed by atoms with E-state index in [-0.39, 0.29) is 0 Å². The number of para-hydroxylation sites is 1. The zero-order valence-electron chi connectivity index (χ0n) is 12.9. The molecular weight excluding hydrogens is 312 g/mol. The minimum atomic E-state index is 0.503. The number of thiocarbonyl (C=S) groups is 1. The van der Waals surface area contributed by atoms with Crippen molar-refractivity contribution in [2.75, 3.05) is 5.32 Å². The Hall–Kier alpha value is -1.58. The van der Waals surface area contributed by atoms with E-state index >= 15 is 0 Å². The van der Waals surface area contributed by atoms with Crippen molar-refractivity contribution in [1.82, 2.24) is 5.32 Å². The van der Waals surface area contributed by atoms with Crippen LogP contribution in [0.15, 0.2) is 48.5 Å². The molecule has 0 amide bonds. The van der Waals surface area contributed by atoms with E-state index < -0.39 is 0 Å². The summed E-state index contributed by atoms with van der Waals surface area (Å²) >= 11 is 11.3. The van der Waals surface area contributed by atoms with Gasteiger partial charge in [0.1, 0.15) is 0 Å². The Morgan fingerprint density at radius 2 is 1.82 bits per heavy atom. The second-order valence-corrected chi connectivity index (χ2v) is 6.18. The highest BCUT2D eigenvalue weighted by atomic mass is 35.5. The molecule has 0 radical (unpaired) electrons. The molecule has 0 aliphatic rings. The Labute approximate surface area is 142 Å². The molecule has 4 heteroatoms. The summed E-state index contributed by atoms with van der Waals surface area (Å²) in [6.45, 7) is 5.09. The number of benzene rings is 2. The van der Waals surface area contributed by atoms with E-state index in [0.29, 0.717) is 17.6 Å². The van der Waals surface area contributed by atoms with Crippen LogP contribution in [0.2, 0.25) is 5.02 Å². The van der Waals surface area contributed by atoms with Gasteiger partial charge in [0.2, 0.25) is 0 Å².